The zero-order chi connectivity index (χ0) is 13.4. The molecule has 0 bridgehead atoms. The van der Waals surface area contributed by atoms with Crippen molar-refractivity contribution in [3.05, 3.63) is 29.8 Å². The summed E-state index contributed by atoms with van der Waals surface area (Å²) in [7, 11) is 0. The van der Waals surface area contributed by atoms with Crippen LogP contribution in [0.2, 0.25) is 0 Å². The second-order valence-electron chi connectivity index (χ2n) is 3.91. The molecule has 0 saturated heterocycles. The smallest absolute Gasteiger partial charge is 0.305 e. The number of hydrogen-bond donors (Lipinski definition) is 2. The fraction of sp³-hybridized carbons (Fsp3) is 0.385. The van der Waals surface area contributed by atoms with Crippen LogP contribution in [0.3, 0.4) is 0 Å². The molecule has 0 unspecified atom stereocenters. The van der Waals surface area contributed by atoms with Crippen LogP contribution in [-0.4, -0.2) is 30.1 Å². The Balaban J connectivity index is 2.17. The molecule has 1 rings (SSSR count). The summed E-state index contributed by atoms with van der Waals surface area (Å²) in [6, 6.07) is 7.57. The van der Waals surface area contributed by atoms with E-state index >= 15 is 0 Å². The Kier molecular flexibility index (Phi) is 5.70. The number of carbonyl (C=O) groups is 2. The Bertz CT molecular complexity index is 417. The first-order chi connectivity index (χ1) is 8.58. The number of nitrogens with one attached hydrogen (secondary N) is 1. The summed E-state index contributed by atoms with van der Waals surface area (Å²) < 4.78 is 5.41. The van der Waals surface area contributed by atoms with Crippen LogP contribution in [0.5, 0.6) is 5.75 Å². The molecule has 98 valence electrons. The molecule has 18 heavy (non-hydrogen) atoms. The minimum atomic E-state index is -0.925. The Morgan fingerprint density at radius 2 is 2.11 bits per heavy atom. The van der Waals surface area contributed by atoms with Crippen LogP contribution in [0, 0.1) is 6.92 Å². The summed E-state index contributed by atoms with van der Waals surface area (Å²) in [6.45, 7) is 2.40. The molecule has 5 nitrogen and oxygen atoms in total. The molecular weight excluding hydrogens is 234 g/mol. The Morgan fingerprint density at radius 1 is 1.33 bits per heavy atom. The van der Waals surface area contributed by atoms with E-state index in [9.17, 15) is 9.59 Å². The van der Waals surface area contributed by atoms with Gasteiger partial charge in [-0.1, -0.05) is 12.1 Å². The van der Waals surface area contributed by atoms with Gasteiger partial charge in [0.15, 0.2) is 0 Å². The quantitative estimate of drug-likeness (QED) is 0.767. The van der Waals surface area contributed by atoms with Gasteiger partial charge in [-0.2, -0.15) is 0 Å². The molecule has 0 aromatic heterocycles. The first kappa shape index (κ1) is 14.0. The molecule has 0 radical (unpaired) electrons. The number of rotatable bonds is 7. The maximum absolute atomic E-state index is 11.3. The monoisotopic (exact) mass is 251 g/mol. The van der Waals surface area contributed by atoms with Crippen LogP contribution in [0.4, 0.5) is 0 Å². The minimum Gasteiger partial charge on any atom is -0.493 e. The van der Waals surface area contributed by atoms with Gasteiger partial charge in [0.1, 0.15) is 5.75 Å². The number of aryl methyl sites for hydroxylation is 1. The fourth-order valence-corrected chi connectivity index (χ4v) is 1.36. The van der Waals surface area contributed by atoms with E-state index in [0.717, 1.165) is 11.3 Å². The molecule has 0 fully saturated rings. The SMILES string of the molecule is Cc1cccc(OCCC(=O)NCCC(=O)O)c1. The molecule has 0 saturated carbocycles. The molecule has 0 spiro atoms. The molecule has 0 aliphatic rings. The highest BCUT2D eigenvalue weighted by Gasteiger charge is 2.03. The highest BCUT2D eigenvalue weighted by molar-refractivity contribution is 5.76. The highest BCUT2D eigenvalue weighted by Crippen LogP contribution is 2.12. The number of carbonyl (C=O) groups excluding carboxylic acids is 1. The van der Waals surface area contributed by atoms with E-state index in [1.807, 2.05) is 31.2 Å². The van der Waals surface area contributed by atoms with Gasteiger partial charge in [0.05, 0.1) is 19.4 Å². The maximum Gasteiger partial charge on any atom is 0.305 e. The number of amides is 1. The van der Waals surface area contributed by atoms with Crippen LogP contribution in [-0.2, 0) is 9.59 Å². The van der Waals surface area contributed by atoms with Crippen LogP contribution < -0.4 is 10.1 Å². The summed E-state index contributed by atoms with van der Waals surface area (Å²) in [4.78, 5) is 21.5. The van der Waals surface area contributed by atoms with Gasteiger partial charge in [-0.05, 0) is 24.6 Å². The van der Waals surface area contributed by atoms with E-state index in [2.05, 4.69) is 5.32 Å². The average Bonchev–Trinajstić information content (AvgIpc) is 2.28. The molecule has 2 N–H and O–H groups in total. The van der Waals surface area contributed by atoms with Crippen LogP contribution >= 0.6 is 0 Å². The van der Waals surface area contributed by atoms with Crippen LogP contribution in [0.15, 0.2) is 24.3 Å². The van der Waals surface area contributed by atoms with Crippen molar-refractivity contribution in [1.29, 1.82) is 0 Å². The van der Waals surface area contributed by atoms with Gasteiger partial charge >= 0.3 is 5.97 Å². The highest BCUT2D eigenvalue weighted by atomic mass is 16.5. The van der Waals surface area contributed by atoms with Gasteiger partial charge in [-0.3, -0.25) is 9.59 Å². The third-order valence-corrected chi connectivity index (χ3v) is 2.25. The van der Waals surface area contributed by atoms with Crippen molar-refractivity contribution >= 4 is 11.9 Å². The molecule has 0 aliphatic heterocycles. The summed E-state index contributed by atoms with van der Waals surface area (Å²) in [5, 5.41) is 10.9. The lowest BCUT2D eigenvalue weighted by molar-refractivity contribution is -0.136. The lowest BCUT2D eigenvalue weighted by Crippen LogP contribution is -2.27. The molecule has 5 heteroatoms. The van der Waals surface area contributed by atoms with E-state index < -0.39 is 5.97 Å². The summed E-state index contributed by atoms with van der Waals surface area (Å²) in [5.74, 6) is -0.399. The van der Waals surface area contributed by atoms with Crippen molar-refractivity contribution < 1.29 is 19.4 Å². The topological polar surface area (TPSA) is 75.6 Å². The van der Waals surface area contributed by atoms with Crippen LogP contribution in [0.1, 0.15) is 18.4 Å². The first-order valence-electron chi connectivity index (χ1n) is 5.76. The van der Waals surface area contributed by atoms with Crippen LogP contribution in [0.25, 0.3) is 0 Å². The number of benzene rings is 1. The standard InChI is InChI=1S/C13H17NO4/c1-10-3-2-4-11(9-10)18-8-6-12(15)14-7-5-13(16)17/h2-4,9H,5-8H2,1H3,(H,14,15)(H,16,17). The lowest BCUT2D eigenvalue weighted by Gasteiger charge is -2.07. The molecule has 0 atom stereocenters. The number of carboxylic acid groups (broad SMARTS) is 1. The molecule has 0 aliphatic carbocycles. The second-order valence-corrected chi connectivity index (χ2v) is 3.91. The van der Waals surface area contributed by atoms with E-state index in [1.165, 1.54) is 0 Å². The largest absolute Gasteiger partial charge is 0.493 e. The van der Waals surface area contributed by atoms with Gasteiger partial charge in [-0.25, -0.2) is 0 Å². The van der Waals surface area contributed by atoms with Crippen molar-refractivity contribution in [3.63, 3.8) is 0 Å². The van der Waals surface area contributed by atoms with E-state index in [0.29, 0.717) is 0 Å². The summed E-state index contributed by atoms with van der Waals surface area (Å²) >= 11 is 0. The summed E-state index contributed by atoms with van der Waals surface area (Å²) in [5.41, 5.74) is 1.10. The van der Waals surface area contributed by atoms with Crippen molar-refractivity contribution in [2.45, 2.75) is 19.8 Å². The molecule has 1 aromatic rings. The van der Waals surface area contributed by atoms with Crippen molar-refractivity contribution in [2.24, 2.45) is 0 Å². The molecule has 0 heterocycles. The van der Waals surface area contributed by atoms with Crippen molar-refractivity contribution in [1.82, 2.24) is 5.32 Å². The third kappa shape index (κ3) is 5.89. The first-order valence-corrected chi connectivity index (χ1v) is 5.76. The molecular formula is C13H17NO4. The number of aliphatic carboxylic acids is 1. The Morgan fingerprint density at radius 3 is 2.78 bits per heavy atom. The second kappa shape index (κ2) is 7.32. The van der Waals surface area contributed by atoms with Gasteiger partial charge in [0.2, 0.25) is 5.91 Å². The predicted molar refractivity (Wildman–Crippen MR) is 66.6 cm³/mol. The maximum atomic E-state index is 11.3. The number of hydrogen-bond acceptors (Lipinski definition) is 3. The third-order valence-electron chi connectivity index (χ3n) is 2.25. The Labute approximate surface area is 106 Å². The fourth-order valence-electron chi connectivity index (χ4n) is 1.36. The Hall–Kier alpha value is -2.04. The van der Waals surface area contributed by atoms with E-state index in [4.69, 9.17) is 9.84 Å². The van der Waals surface area contributed by atoms with Crippen molar-refractivity contribution in [3.8, 4) is 5.75 Å². The number of ether oxygens (including phenoxy) is 1. The molecule has 1 amide bonds. The molecule has 1 aromatic carbocycles. The van der Waals surface area contributed by atoms with Gasteiger partial charge < -0.3 is 15.2 Å². The summed E-state index contributed by atoms with van der Waals surface area (Å²) in [6.07, 6.45) is 0.151. The van der Waals surface area contributed by atoms with Crippen molar-refractivity contribution in [2.75, 3.05) is 13.2 Å². The van der Waals surface area contributed by atoms with E-state index in [-0.39, 0.29) is 31.9 Å². The van der Waals surface area contributed by atoms with Gasteiger partial charge in [-0.15, -0.1) is 0 Å². The minimum absolute atomic E-state index is 0.0650. The average molecular weight is 251 g/mol. The predicted octanol–water partition coefficient (Wildman–Crippen LogP) is 1.35. The number of carboxylic acids is 1. The zero-order valence-corrected chi connectivity index (χ0v) is 10.3. The normalized spacial score (nSPS) is 9.83. The van der Waals surface area contributed by atoms with E-state index in [1.54, 1.807) is 0 Å². The van der Waals surface area contributed by atoms with Gasteiger partial charge in [0.25, 0.3) is 0 Å². The lowest BCUT2D eigenvalue weighted by atomic mass is 10.2. The zero-order valence-electron chi connectivity index (χ0n) is 10.3. The van der Waals surface area contributed by atoms with Gasteiger partial charge in [0, 0.05) is 6.54 Å².